The Morgan fingerprint density at radius 1 is 0.446 bits per heavy atom. The monoisotopic (exact) mass is 750 g/mol. The second-order valence-electron chi connectivity index (χ2n) is 15.5. The first kappa shape index (κ1) is 32.0. The molecule has 2 nitrogen and oxygen atoms in total. The average molecular weight is 751 g/mol. The van der Waals surface area contributed by atoms with Crippen LogP contribution in [0.15, 0.2) is 170 Å². The van der Waals surface area contributed by atoms with Gasteiger partial charge in [0.25, 0.3) is 0 Å². The van der Waals surface area contributed by atoms with Gasteiger partial charge < -0.3 is 4.90 Å². The summed E-state index contributed by atoms with van der Waals surface area (Å²) >= 11 is 3.75. The molecule has 0 saturated heterocycles. The van der Waals surface area contributed by atoms with Crippen molar-refractivity contribution in [2.75, 3.05) is 4.90 Å². The first-order chi connectivity index (χ1) is 27.5. The van der Waals surface area contributed by atoms with Crippen molar-refractivity contribution < 1.29 is 0 Å². The number of benzene rings is 8. The van der Waals surface area contributed by atoms with Crippen molar-refractivity contribution in [1.82, 2.24) is 4.98 Å². The van der Waals surface area contributed by atoms with E-state index >= 15 is 0 Å². The summed E-state index contributed by atoms with van der Waals surface area (Å²) < 4.78 is 5.24. The highest BCUT2D eigenvalue weighted by Crippen LogP contribution is 2.51. The summed E-state index contributed by atoms with van der Waals surface area (Å²) in [7, 11) is 0. The molecule has 0 atom stereocenters. The number of thiophene rings is 2. The van der Waals surface area contributed by atoms with Crippen molar-refractivity contribution in [3.63, 3.8) is 0 Å². The molecule has 8 aromatic carbocycles. The Hall–Kier alpha value is -6.33. The van der Waals surface area contributed by atoms with Crippen LogP contribution in [0.3, 0.4) is 0 Å². The highest BCUT2D eigenvalue weighted by Gasteiger charge is 2.35. The Morgan fingerprint density at radius 2 is 1.04 bits per heavy atom. The van der Waals surface area contributed by atoms with E-state index in [0.29, 0.717) is 0 Å². The van der Waals surface area contributed by atoms with Gasteiger partial charge in [0.2, 0.25) is 0 Å². The third kappa shape index (κ3) is 4.57. The molecule has 0 unspecified atom stereocenters. The lowest BCUT2D eigenvalue weighted by Crippen LogP contribution is -2.16. The molecule has 56 heavy (non-hydrogen) atoms. The number of pyridine rings is 1. The number of para-hydroxylation sites is 1. The maximum Gasteiger partial charge on any atom is 0.0788 e. The predicted molar refractivity (Wildman–Crippen MR) is 243 cm³/mol. The van der Waals surface area contributed by atoms with E-state index in [4.69, 9.17) is 4.98 Å². The van der Waals surface area contributed by atoms with E-state index in [2.05, 4.69) is 189 Å². The number of rotatable bonds is 4. The van der Waals surface area contributed by atoms with Crippen molar-refractivity contribution in [3.8, 4) is 22.4 Å². The van der Waals surface area contributed by atoms with E-state index in [0.717, 1.165) is 33.8 Å². The number of anilines is 3. The fourth-order valence-corrected chi connectivity index (χ4v) is 11.7. The molecular formula is C52H34N2S2. The number of hydrogen-bond acceptors (Lipinski definition) is 4. The van der Waals surface area contributed by atoms with Gasteiger partial charge in [0.15, 0.2) is 0 Å². The number of nitrogens with zero attached hydrogens (tertiary/aromatic N) is 2. The molecule has 0 spiro atoms. The second-order valence-corrected chi connectivity index (χ2v) is 17.6. The molecule has 1 aliphatic carbocycles. The standard InChI is InChI=1S/C52H34N2S2/c1-52(2)43-15-7-3-11-35(43)36-25-23-33(29-44(36)52)54(34-24-26-39-37-12-5-9-17-46(37)55-48(39)30-34)32-21-19-31(20-22-32)50-42-28-27-40-38-13-6-10-18-47(38)56-51(40)49(42)41-14-4-8-16-45(41)53-50/h3-30H,1-2H3. The zero-order valence-corrected chi connectivity index (χ0v) is 32.5. The van der Waals surface area contributed by atoms with E-state index < -0.39 is 0 Å². The molecule has 11 aromatic rings. The SMILES string of the molecule is CC1(C)c2ccccc2-c2ccc(N(c3ccc(-c4nc5ccccc5c5c4ccc4c6ccccc6sc45)cc3)c3ccc4c(c3)sc3ccccc34)cc21. The van der Waals surface area contributed by atoms with E-state index in [1.165, 1.54) is 78.8 Å². The van der Waals surface area contributed by atoms with E-state index in [1.807, 2.05) is 22.7 Å². The van der Waals surface area contributed by atoms with Gasteiger partial charge in [0.1, 0.15) is 0 Å². The van der Waals surface area contributed by atoms with Crippen LogP contribution in [0.25, 0.3) is 84.4 Å². The molecule has 3 aromatic heterocycles. The summed E-state index contributed by atoms with van der Waals surface area (Å²) in [6.07, 6.45) is 0. The van der Waals surface area contributed by atoms with Gasteiger partial charge in [-0.3, -0.25) is 0 Å². The van der Waals surface area contributed by atoms with Crippen LogP contribution in [-0.4, -0.2) is 4.98 Å². The molecule has 4 heteroatoms. The highest BCUT2D eigenvalue weighted by atomic mass is 32.1. The van der Waals surface area contributed by atoms with Crippen molar-refractivity contribution in [1.29, 1.82) is 0 Å². The minimum atomic E-state index is -0.102. The summed E-state index contributed by atoms with van der Waals surface area (Å²) in [5.74, 6) is 0. The Balaban J connectivity index is 1.04. The first-order valence-corrected chi connectivity index (χ1v) is 20.8. The van der Waals surface area contributed by atoms with Gasteiger partial charge in [-0.25, -0.2) is 4.98 Å². The molecule has 12 rings (SSSR count). The van der Waals surface area contributed by atoms with Crippen molar-refractivity contribution in [2.45, 2.75) is 19.3 Å². The number of fused-ring (bicyclic) bond motifs is 13. The summed E-state index contributed by atoms with van der Waals surface area (Å²) in [5, 5.41) is 8.91. The molecule has 0 N–H and O–H groups in total. The Morgan fingerprint density at radius 3 is 1.88 bits per heavy atom. The Labute approximate surface area is 332 Å². The third-order valence-corrected chi connectivity index (χ3v) is 14.4. The largest absolute Gasteiger partial charge is 0.310 e. The van der Waals surface area contributed by atoms with E-state index in [1.54, 1.807) is 0 Å². The van der Waals surface area contributed by atoms with Crippen LogP contribution < -0.4 is 4.90 Å². The van der Waals surface area contributed by atoms with Crippen LogP contribution in [0.5, 0.6) is 0 Å². The summed E-state index contributed by atoms with van der Waals surface area (Å²) in [6.45, 7) is 4.72. The van der Waals surface area contributed by atoms with Crippen LogP contribution in [0.4, 0.5) is 17.1 Å². The summed E-state index contributed by atoms with van der Waals surface area (Å²) in [5.41, 5.74) is 11.9. The van der Waals surface area contributed by atoms with Gasteiger partial charge in [-0.15, -0.1) is 22.7 Å². The van der Waals surface area contributed by atoms with Gasteiger partial charge in [-0.05, 0) is 76.9 Å². The molecule has 0 saturated carbocycles. The molecule has 0 bridgehead atoms. The van der Waals surface area contributed by atoms with E-state index in [-0.39, 0.29) is 5.41 Å². The van der Waals surface area contributed by atoms with E-state index in [9.17, 15) is 0 Å². The lowest BCUT2D eigenvalue weighted by atomic mass is 9.82. The van der Waals surface area contributed by atoms with Crippen LogP contribution in [0.1, 0.15) is 25.0 Å². The van der Waals surface area contributed by atoms with Crippen LogP contribution in [0, 0.1) is 0 Å². The fourth-order valence-electron chi connectivity index (χ4n) is 9.34. The van der Waals surface area contributed by atoms with Crippen molar-refractivity contribution in [3.05, 3.63) is 181 Å². The predicted octanol–water partition coefficient (Wildman–Crippen LogP) is 15.6. The zero-order valence-electron chi connectivity index (χ0n) is 30.9. The smallest absolute Gasteiger partial charge is 0.0788 e. The quantitative estimate of drug-likeness (QED) is 0.167. The first-order valence-electron chi connectivity index (χ1n) is 19.2. The Bertz CT molecular complexity index is 3400. The molecule has 3 heterocycles. The molecule has 0 fully saturated rings. The van der Waals surface area contributed by atoms with Crippen LogP contribution in [-0.2, 0) is 5.41 Å². The second kappa shape index (κ2) is 11.8. The summed E-state index contributed by atoms with van der Waals surface area (Å²) in [6, 6.07) is 62.7. The molecule has 0 radical (unpaired) electrons. The minimum Gasteiger partial charge on any atom is -0.310 e. The highest BCUT2D eigenvalue weighted by molar-refractivity contribution is 7.27. The lowest BCUT2D eigenvalue weighted by Gasteiger charge is -2.28. The maximum atomic E-state index is 5.35. The number of hydrogen-bond donors (Lipinski definition) is 0. The molecule has 1 aliphatic rings. The van der Waals surface area contributed by atoms with Crippen LogP contribution in [0.2, 0.25) is 0 Å². The van der Waals surface area contributed by atoms with Gasteiger partial charge in [0, 0.05) is 84.5 Å². The zero-order chi connectivity index (χ0) is 37.1. The van der Waals surface area contributed by atoms with Gasteiger partial charge >= 0.3 is 0 Å². The van der Waals surface area contributed by atoms with Crippen LogP contribution >= 0.6 is 22.7 Å². The lowest BCUT2D eigenvalue weighted by molar-refractivity contribution is 0.660. The molecule has 264 valence electrons. The Kier molecular flexibility index (Phi) is 6.76. The molecular weight excluding hydrogens is 717 g/mol. The third-order valence-electron chi connectivity index (χ3n) is 12.1. The van der Waals surface area contributed by atoms with Gasteiger partial charge in [-0.1, -0.05) is 129 Å². The minimum absolute atomic E-state index is 0.102. The van der Waals surface area contributed by atoms with Crippen molar-refractivity contribution >= 4 is 102 Å². The fraction of sp³-hybridized carbons (Fsp3) is 0.0577. The normalized spacial score (nSPS) is 13.3. The topological polar surface area (TPSA) is 16.1 Å². The summed E-state index contributed by atoms with van der Waals surface area (Å²) in [4.78, 5) is 7.78. The van der Waals surface area contributed by atoms with Gasteiger partial charge in [-0.2, -0.15) is 0 Å². The maximum absolute atomic E-state index is 5.35. The van der Waals surface area contributed by atoms with Crippen molar-refractivity contribution in [2.24, 2.45) is 0 Å². The van der Waals surface area contributed by atoms with Gasteiger partial charge in [0.05, 0.1) is 11.2 Å². The number of aromatic nitrogens is 1. The molecule has 0 aliphatic heterocycles. The molecule has 0 amide bonds. The average Bonchev–Trinajstić information content (AvgIpc) is 3.88.